The fourth-order valence-corrected chi connectivity index (χ4v) is 4.48. The van der Waals surface area contributed by atoms with Gasteiger partial charge in [-0.2, -0.15) is 15.0 Å². The fourth-order valence-electron chi connectivity index (χ4n) is 4.48. The van der Waals surface area contributed by atoms with Crippen molar-refractivity contribution in [1.82, 2.24) is 24.6 Å². The average molecular weight is 443 g/mol. The second kappa shape index (κ2) is 8.34. The molecule has 1 aliphatic carbocycles. The zero-order chi connectivity index (χ0) is 23.1. The minimum Gasteiger partial charge on any atom is -0.493 e. The highest BCUT2D eigenvalue weighted by atomic mass is 16.3. The van der Waals surface area contributed by atoms with E-state index in [0.29, 0.717) is 22.5 Å². The second-order valence-corrected chi connectivity index (χ2v) is 8.78. The molecule has 1 aliphatic heterocycles. The normalized spacial score (nSPS) is 16.6. The summed E-state index contributed by atoms with van der Waals surface area (Å²) in [6.07, 6.45) is 5.70. The van der Waals surface area contributed by atoms with E-state index in [1.807, 2.05) is 24.8 Å². The first-order valence-electron chi connectivity index (χ1n) is 11.3. The lowest BCUT2D eigenvalue weighted by Crippen LogP contribution is -2.49. The van der Waals surface area contributed by atoms with Crippen LogP contribution in [0.2, 0.25) is 0 Å². The van der Waals surface area contributed by atoms with Crippen LogP contribution in [0, 0.1) is 25.2 Å². The Hall–Kier alpha value is -3.70. The molecule has 3 heterocycles. The molecule has 5 rings (SSSR count). The highest BCUT2D eigenvalue weighted by Crippen LogP contribution is 2.34. The first-order chi connectivity index (χ1) is 16.0. The van der Waals surface area contributed by atoms with Crippen LogP contribution < -0.4 is 0 Å². The molecule has 0 spiro atoms. The van der Waals surface area contributed by atoms with Gasteiger partial charge < -0.3 is 10.0 Å². The Balaban J connectivity index is 1.34. The van der Waals surface area contributed by atoms with Gasteiger partial charge in [0.1, 0.15) is 0 Å². The van der Waals surface area contributed by atoms with E-state index in [1.54, 1.807) is 30.6 Å². The standard InChI is InChI=1S/C25H26N6O2/c1-16-17(2)21(7-3-18(16)13-26)22-15-28-31(25(22)33)23-8-4-19(14-27-23)24(32)30-11-9-29(10-12-30)20-5-6-20/h3-4,7-8,14-15,20,33H,5-6,9-12H2,1-2H3. The molecule has 0 bridgehead atoms. The van der Waals surface area contributed by atoms with Crippen molar-refractivity contribution in [2.75, 3.05) is 26.2 Å². The maximum atomic E-state index is 12.9. The number of hydrogen-bond donors (Lipinski definition) is 1. The topological polar surface area (TPSA) is 98.3 Å². The van der Waals surface area contributed by atoms with Crippen LogP contribution in [0.1, 0.15) is 39.9 Å². The molecule has 2 fully saturated rings. The molecule has 1 amide bonds. The lowest BCUT2D eigenvalue weighted by atomic mass is 9.95. The molecule has 1 saturated heterocycles. The second-order valence-electron chi connectivity index (χ2n) is 8.78. The Kier molecular flexibility index (Phi) is 5.35. The van der Waals surface area contributed by atoms with Gasteiger partial charge in [0.25, 0.3) is 5.91 Å². The molecule has 3 aromatic rings. The van der Waals surface area contributed by atoms with E-state index < -0.39 is 0 Å². The number of rotatable bonds is 4. The summed E-state index contributed by atoms with van der Waals surface area (Å²) >= 11 is 0. The Morgan fingerprint density at radius 3 is 2.42 bits per heavy atom. The third kappa shape index (κ3) is 3.85. The molecule has 0 unspecified atom stereocenters. The largest absolute Gasteiger partial charge is 0.493 e. The Labute approximate surface area is 192 Å². The van der Waals surface area contributed by atoms with Crippen LogP contribution in [0.5, 0.6) is 5.88 Å². The van der Waals surface area contributed by atoms with Crippen LogP contribution in [-0.4, -0.2) is 67.8 Å². The van der Waals surface area contributed by atoms with Crippen molar-refractivity contribution >= 4 is 5.91 Å². The highest BCUT2D eigenvalue weighted by Gasteiger charge is 2.32. The van der Waals surface area contributed by atoms with Crippen molar-refractivity contribution < 1.29 is 9.90 Å². The van der Waals surface area contributed by atoms with Gasteiger partial charge in [0.15, 0.2) is 5.82 Å². The van der Waals surface area contributed by atoms with Gasteiger partial charge in [-0.25, -0.2) is 4.98 Å². The molecular weight excluding hydrogens is 416 g/mol. The van der Waals surface area contributed by atoms with E-state index in [2.05, 4.69) is 21.1 Å². The number of amides is 1. The van der Waals surface area contributed by atoms with Crippen LogP contribution in [0.3, 0.4) is 0 Å². The van der Waals surface area contributed by atoms with Crippen LogP contribution in [0.4, 0.5) is 0 Å². The maximum absolute atomic E-state index is 12.9. The summed E-state index contributed by atoms with van der Waals surface area (Å²) in [6, 6.07) is 9.90. The van der Waals surface area contributed by atoms with E-state index >= 15 is 0 Å². The molecule has 0 atom stereocenters. The minimum absolute atomic E-state index is 0.0152. The number of benzene rings is 1. The first kappa shape index (κ1) is 21.2. The van der Waals surface area contributed by atoms with Crippen LogP contribution in [-0.2, 0) is 0 Å². The third-order valence-electron chi connectivity index (χ3n) is 6.82. The summed E-state index contributed by atoms with van der Waals surface area (Å²) in [5.41, 5.74) is 4.31. The molecule has 1 N–H and O–H groups in total. The molecule has 168 valence electrons. The van der Waals surface area contributed by atoms with E-state index in [9.17, 15) is 15.2 Å². The van der Waals surface area contributed by atoms with Gasteiger partial charge in [0, 0.05) is 38.4 Å². The molecular formula is C25H26N6O2. The predicted molar refractivity (Wildman–Crippen MR) is 123 cm³/mol. The van der Waals surface area contributed by atoms with Crippen LogP contribution in [0.15, 0.2) is 36.7 Å². The first-order valence-corrected chi connectivity index (χ1v) is 11.3. The fraction of sp³-hybridized carbons (Fsp3) is 0.360. The summed E-state index contributed by atoms with van der Waals surface area (Å²) in [5, 5.41) is 24.4. The van der Waals surface area contributed by atoms with Gasteiger partial charge in [0.05, 0.1) is 29.0 Å². The summed E-state index contributed by atoms with van der Waals surface area (Å²) in [4.78, 5) is 21.6. The van der Waals surface area contributed by atoms with E-state index in [-0.39, 0.29) is 11.8 Å². The van der Waals surface area contributed by atoms with Crippen molar-refractivity contribution in [2.24, 2.45) is 0 Å². The number of pyridine rings is 1. The predicted octanol–water partition coefficient (Wildman–Crippen LogP) is 3.05. The van der Waals surface area contributed by atoms with E-state index in [0.717, 1.165) is 48.9 Å². The third-order valence-corrected chi connectivity index (χ3v) is 6.82. The Morgan fingerprint density at radius 2 is 1.79 bits per heavy atom. The zero-order valence-corrected chi connectivity index (χ0v) is 18.8. The SMILES string of the molecule is Cc1c(C#N)ccc(-c2cnn(-c3ccc(C(=O)N4CCN(C5CC5)CC4)cn3)c2O)c1C. The summed E-state index contributed by atoms with van der Waals surface area (Å²) in [6.45, 7) is 7.15. The number of carbonyl (C=O) groups excluding carboxylic acids is 1. The van der Waals surface area contributed by atoms with Gasteiger partial charge in [-0.3, -0.25) is 9.69 Å². The monoisotopic (exact) mass is 442 g/mol. The molecule has 1 aromatic carbocycles. The number of aromatic nitrogens is 3. The number of hydrogen-bond acceptors (Lipinski definition) is 6. The number of piperazine rings is 1. The Morgan fingerprint density at radius 1 is 1.03 bits per heavy atom. The summed E-state index contributed by atoms with van der Waals surface area (Å²) in [5.74, 6) is 0.375. The maximum Gasteiger partial charge on any atom is 0.255 e. The van der Waals surface area contributed by atoms with Crippen molar-refractivity contribution in [1.29, 1.82) is 5.26 Å². The lowest BCUT2D eigenvalue weighted by molar-refractivity contribution is 0.0627. The van der Waals surface area contributed by atoms with Crippen LogP contribution in [0.25, 0.3) is 16.9 Å². The lowest BCUT2D eigenvalue weighted by Gasteiger charge is -2.34. The zero-order valence-electron chi connectivity index (χ0n) is 18.8. The number of carbonyl (C=O) groups is 1. The minimum atomic E-state index is -0.0371. The van der Waals surface area contributed by atoms with Gasteiger partial charge in [-0.1, -0.05) is 6.07 Å². The van der Waals surface area contributed by atoms with Crippen molar-refractivity contribution in [3.63, 3.8) is 0 Å². The van der Waals surface area contributed by atoms with E-state index in [4.69, 9.17) is 0 Å². The van der Waals surface area contributed by atoms with Gasteiger partial charge >= 0.3 is 0 Å². The summed E-state index contributed by atoms with van der Waals surface area (Å²) in [7, 11) is 0. The Bertz CT molecular complexity index is 1250. The van der Waals surface area contributed by atoms with Gasteiger partial charge in [0.2, 0.25) is 5.88 Å². The molecule has 2 aromatic heterocycles. The quantitative estimate of drug-likeness (QED) is 0.667. The van der Waals surface area contributed by atoms with Gasteiger partial charge in [-0.15, -0.1) is 0 Å². The van der Waals surface area contributed by atoms with E-state index in [1.165, 1.54) is 17.5 Å². The molecule has 0 radical (unpaired) electrons. The number of nitriles is 1. The number of aromatic hydroxyl groups is 1. The number of nitrogens with zero attached hydrogens (tertiary/aromatic N) is 6. The molecule has 8 nitrogen and oxygen atoms in total. The van der Waals surface area contributed by atoms with Gasteiger partial charge in [-0.05, 0) is 61.6 Å². The average Bonchev–Trinajstić information content (AvgIpc) is 3.63. The molecule has 1 saturated carbocycles. The van der Waals surface area contributed by atoms with Crippen molar-refractivity contribution in [3.8, 4) is 28.9 Å². The highest BCUT2D eigenvalue weighted by molar-refractivity contribution is 5.94. The van der Waals surface area contributed by atoms with Crippen LogP contribution >= 0.6 is 0 Å². The summed E-state index contributed by atoms with van der Waals surface area (Å²) < 4.78 is 1.35. The van der Waals surface area contributed by atoms with Crippen molar-refractivity contribution in [2.45, 2.75) is 32.7 Å². The molecule has 2 aliphatic rings. The molecule has 8 heteroatoms. The molecule has 33 heavy (non-hydrogen) atoms. The smallest absolute Gasteiger partial charge is 0.255 e. The van der Waals surface area contributed by atoms with Crippen molar-refractivity contribution in [3.05, 3.63) is 58.9 Å².